The first-order valence-corrected chi connectivity index (χ1v) is 6.36. The molecular formula is C15H22O. The SMILES string of the molecule is C=C(C)[C@H]1CC[C@]2(C)CC=C(C=O)CC[C@@H]12. The lowest BCUT2D eigenvalue weighted by Gasteiger charge is -2.32. The summed E-state index contributed by atoms with van der Waals surface area (Å²) in [5.41, 5.74) is 2.76. The van der Waals surface area contributed by atoms with Crippen LogP contribution in [-0.4, -0.2) is 6.29 Å². The average molecular weight is 218 g/mol. The lowest BCUT2D eigenvalue weighted by Crippen LogP contribution is -2.24. The van der Waals surface area contributed by atoms with Crippen LogP contribution in [0.25, 0.3) is 0 Å². The summed E-state index contributed by atoms with van der Waals surface area (Å²) in [5, 5.41) is 0. The second-order valence-electron chi connectivity index (χ2n) is 5.89. The molecular weight excluding hydrogens is 196 g/mol. The lowest BCUT2D eigenvalue weighted by atomic mass is 9.72. The number of hydrogen-bond acceptors (Lipinski definition) is 1. The van der Waals surface area contributed by atoms with Crippen molar-refractivity contribution in [2.24, 2.45) is 17.3 Å². The minimum atomic E-state index is 0.411. The van der Waals surface area contributed by atoms with Crippen molar-refractivity contribution in [3.05, 3.63) is 23.8 Å². The third-order valence-electron chi connectivity index (χ3n) is 4.77. The Balaban J connectivity index is 2.21. The van der Waals surface area contributed by atoms with Crippen LogP contribution in [0, 0.1) is 17.3 Å². The van der Waals surface area contributed by atoms with Crippen LogP contribution in [-0.2, 0) is 4.79 Å². The highest BCUT2D eigenvalue weighted by Gasteiger charge is 2.44. The molecule has 2 aliphatic carbocycles. The van der Waals surface area contributed by atoms with E-state index in [2.05, 4.69) is 26.5 Å². The Hall–Kier alpha value is -0.850. The van der Waals surface area contributed by atoms with Crippen LogP contribution in [0.15, 0.2) is 23.8 Å². The molecule has 0 N–H and O–H groups in total. The summed E-state index contributed by atoms with van der Waals surface area (Å²) in [6.07, 6.45) is 9.01. The Labute approximate surface area is 98.6 Å². The average Bonchev–Trinajstić information content (AvgIpc) is 2.48. The number of fused-ring (bicyclic) bond motifs is 1. The van der Waals surface area contributed by atoms with Gasteiger partial charge in [0.1, 0.15) is 6.29 Å². The maximum atomic E-state index is 10.9. The predicted octanol–water partition coefficient (Wildman–Crippen LogP) is 3.90. The molecule has 3 atom stereocenters. The maximum Gasteiger partial charge on any atom is 0.145 e. The van der Waals surface area contributed by atoms with Gasteiger partial charge in [-0.2, -0.15) is 0 Å². The molecule has 0 bridgehead atoms. The van der Waals surface area contributed by atoms with Crippen LogP contribution >= 0.6 is 0 Å². The molecule has 16 heavy (non-hydrogen) atoms. The van der Waals surface area contributed by atoms with Crippen LogP contribution < -0.4 is 0 Å². The molecule has 0 spiro atoms. The fourth-order valence-corrected chi connectivity index (χ4v) is 3.65. The van der Waals surface area contributed by atoms with Crippen molar-refractivity contribution in [2.45, 2.75) is 46.0 Å². The molecule has 0 aliphatic heterocycles. The molecule has 1 saturated carbocycles. The maximum absolute atomic E-state index is 10.9. The monoisotopic (exact) mass is 218 g/mol. The molecule has 1 nitrogen and oxygen atoms in total. The number of hydrogen-bond donors (Lipinski definition) is 0. The van der Waals surface area contributed by atoms with Crippen molar-refractivity contribution >= 4 is 6.29 Å². The van der Waals surface area contributed by atoms with Crippen LogP contribution in [0.2, 0.25) is 0 Å². The smallest absolute Gasteiger partial charge is 0.145 e. The Morgan fingerprint density at radius 3 is 2.94 bits per heavy atom. The third kappa shape index (κ3) is 1.88. The predicted molar refractivity (Wildman–Crippen MR) is 67.1 cm³/mol. The molecule has 2 rings (SSSR count). The minimum Gasteiger partial charge on any atom is -0.298 e. The van der Waals surface area contributed by atoms with Crippen LogP contribution in [0.5, 0.6) is 0 Å². The summed E-state index contributed by atoms with van der Waals surface area (Å²) in [7, 11) is 0. The summed E-state index contributed by atoms with van der Waals surface area (Å²) in [6.45, 7) is 8.70. The fourth-order valence-electron chi connectivity index (χ4n) is 3.65. The van der Waals surface area contributed by atoms with Crippen molar-refractivity contribution in [1.82, 2.24) is 0 Å². The molecule has 88 valence electrons. The zero-order valence-corrected chi connectivity index (χ0v) is 10.5. The van der Waals surface area contributed by atoms with Gasteiger partial charge in [0, 0.05) is 0 Å². The van der Waals surface area contributed by atoms with Gasteiger partial charge in [0.25, 0.3) is 0 Å². The summed E-state index contributed by atoms with van der Waals surface area (Å²) in [4.78, 5) is 10.9. The van der Waals surface area contributed by atoms with Gasteiger partial charge in [0.05, 0.1) is 0 Å². The van der Waals surface area contributed by atoms with E-state index >= 15 is 0 Å². The molecule has 0 heterocycles. The van der Waals surface area contributed by atoms with E-state index in [1.165, 1.54) is 24.8 Å². The van der Waals surface area contributed by atoms with E-state index in [4.69, 9.17) is 0 Å². The van der Waals surface area contributed by atoms with Gasteiger partial charge < -0.3 is 0 Å². The highest BCUT2D eigenvalue weighted by atomic mass is 16.1. The Bertz CT molecular complexity index is 339. The summed E-state index contributed by atoms with van der Waals surface area (Å²) in [5.74, 6) is 1.42. The van der Waals surface area contributed by atoms with E-state index in [9.17, 15) is 4.79 Å². The van der Waals surface area contributed by atoms with Crippen molar-refractivity contribution in [1.29, 1.82) is 0 Å². The van der Waals surface area contributed by atoms with Crippen molar-refractivity contribution < 1.29 is 4.79 Å². The van der Waals surface area contributed by atoms with E-state index in [-0.39, 0.29) is 0 Å². The van der Waals surface area contributed by atoms with Crippen molar-refractivity contribution in [2.75, 3.05) is 0 Å². The van der Waals surface area contributed by atoms with Crippen molar-refractivity contribution in [3.63, 3.8) is 0 Å². The second-order valence-corrected chi connectivity index (χ2v) is 5.89. The number of carbonyl (C=O) groups excluding carboxylic acids is 1. The van der Waals surface area contributed by atoms with Gasteiger partial charge in [-0.25, -0.2) is 0 Å². The largest absolute Gasteiger partial charge is 0.298 e. The Morgan fingerprint density at radius 1 is 1.56 bits per heavy atom. The molecule has 2 aliphatic rings. The topological polar surface area (TPSA) is 17.1 Å². The van der Waals surface area contributed by atoms with E-state index in [0.29, 0.717) is 11.3 Å². The highest BCUT2D eigenvalue weighted by molar-refractivity contribution is 5.73. The van der Waals surface area contributed by atoms with Gasteiger partial charge in [-0.15, -0.1) is 0 Å². The van der Waals surface area contributed by atoms with Crippen molar-refractivity contribution in [3.8, 4) is 0 Å². The van der Waals surface area contributed by atoms with Gasteiger partial charge in [-0.05, 0) is 61.9 Å². The zero-order chi connectivity index (χ0) is 11.8. The molecule has 1 fully saturated rings. The minimum absolute atomic E-state index is 0.411. The molecule has 0 radical (unpaired) electrons. The van der Waals surface area contributed by atoms with Crippen LogP contribution in [0.4, 0.5) is 0 Å². The summed E-state index contributed by atoms with van der Waals surface area (Å²) in [6, 6.07) is 0. The van der Waals surface area contributed by atoms with Gasteiger partial charge in [0.2, 0.25) is 0 Å². The quantitative estimate of drug-likeness (QED) is 0.507. The molecule has 0 unspecified atom stereocenters. The van der Waals surface area contributed by atoms with E-state index < -0.39 is 0 Å². The Kier molecular flexibility index (Phi) is 3.05. The van der Waals surface area contributed by atoms with Gasteiger partial charge in [0.15, 0.2) is 0 Å². The molecule has 0 aromatic heterocycles. The van der Waals surface area contributed by atoms with E-state index in [0.717, 1.165) is 30.6 Å². The zero-order valence-electron chi connectivity index (χ0n) is 10.5. The first-order valence-electron chi connectivity index (χ1n) is 6.36. The van der Waals surface area contributed by atoms with Gasteiger partial charge >= 0.3 is 0 Å². The molecule has 1 heteroatoms. The van der Waals surface area contributed by atoms with Crippen LogP contribution in [0.3, 0.4) is 0 Å². The summed E-state index contributed by atoms with van der Waals surface area (Å²) < 4.78 is 0. The first-order chi connectivity index (χ1) is 7.57. The fraction of sp³-hybridized carbons (Fsp3) is 0.667. The number of allylic oxidation sites excluding steroid dienone is 3. The number of carbonyl (C=O) groups is 1. The molecule has 0 amide bonds. The van der Waals surface area contributed by atoms with Gasteiger partial charge in [-0.1, -0.05) is 25.2 Å². The highest BCUT2D eigenvalue weighted by Crippen LogP contribution is 2.54. The van der Waals surface area contributed by atoms with E-state index in [1.54, 1.807) is 0 Å². The Morgan fingerprint density at radius 2 is 2.31 bits per heavy atom. The number of rotatable bonds is 2. The van der Waals surface area contributed by atoms with E-state index in [1.807, 2.05) is 0 Å². The standard InChI is InChI=1S/C15H22O/c1-11(2)13-7-9-15(3)8-6-12(10-16)4-5-14(13)15/h6,10,13-14H,1,4-5,7-9H2,2-3H3/t13-,14+,15+/m1/s1. The normalized spacial score (nSPS) is 38.5. The summed E-state index contributed by atoms with van der Waals surface area (Å²) >= 11 is 0. The number of aldehydes is 1. The second kappa shape index (κ2) is 4.20. The third-order valence-corrected chi connectivity index (χ3v) is 4.77. The molecule has 0 saturated heterocycles. The lowest BCUT2D eigenvalue weighted by molar-refractivity contribution is -0.105. The molecule has 0 aromatic carbocycles. The molecule has 0 aromatic rings. The first kappa shape index (κ1) is 11.6. The van der Waals surface area contributed by atoms with Gasteiger partial charge in [-0.3, -0.25) is 4.79 Å². The van der Waals surface area contributed by atoms with Crippen LogP contribution in [0.1, 0.15) is 46.0 Å².